The van der Waals surface area contributed by atoms with Gasteiger partial charge in [-0.3, -0.25) is 38.4 Å². The molecule has 0 spiro atoms. The van der Waals surface area contributed by atoms with Crippen LogP contribution in [0.25, 0.3) is 0 Å². The van der Waals surface area contributed by atoms with Crippen molar-refractivity contribution in [3.63, 3.8) is 0 Å². The molecule has 6 amide bonds. The normalized spacial score (nSPS) is 12.0. The van der Waals surface area contributed by atoms with Crippen molar-refractivity contribution >= 4 is 59.1 Å². The quantitative estimate of drug-likeness (QED) is 0.0394. The predicted molar refractivity (Wildman–Crippen MR) is 302 cm³/mol. The monoisotopic (exact) mass is 1190 g/mol. The van der Waals surface area contributed by atoms with Gasteiger partial charge >= 0.3 is 17.9 Å². The van der Waals surface area contributed by atoms with Gasteiger partial charge < -0.3 is 85.1 Å². The highest BCUT2D eigenvalue weighted by Crippen LogP contribution is 2.15. The fourth-order valence-electron chi connectivity index (χ4n) is 7.33. The van der Waals surface area contributed by atoms with Gasteiger partial charge in [0.15, 0.2) is 5.78 Å². The fourth-order valence-corrected chi connectivity index (χ4v) is 7.33. The molecule has 0 fully saturated rings. The van der Waals surface area contributed by atoms with E-state index in [1.165, 1.54) is 25.7 Å². The average molecular weight is 1190 g/mol. The number of carboxylic acids is 3. The van der Waals surface area contributed by atoms with Crippen LogP contribution in [0.15, 0.2) is 0 Å². The molecule has 0 aliphatic rings. The lowest BCUT2D eigenvalue weighted by Crippen LogP contribution is -2.44. The van der Waals surface area contributed by atoms with Crippen molar-refractivity contribution in [1.82, 2.24) is 31.9 Å². The molecule has 0 aliphatic carbocycles. The first-order chi connectivity index (χ1) is 39.8. The summed E-state index contributed by atoms with van der Waals surface area (Å²) < 4.78 is 42.6. The topological polar surface area (TPSA) is 377 Å². The largest absolute Gasteiger partial charge is 0.481 e. The molecule has 0 unspecified atom stereocenters. The zero-order valence-corrected chi connectivity index (χ0v) is 49.6. The third-order valence-electron chi connectivity index (χ3n) is 12.2. The van der Waals surface area contributed by atoms with Gasteiger partial charge in [0, 0.05) is 57.3 Å². The SMILES string of the molecule is CC(C)(C)C(=O)COCCOCCNC(=O)COCCOCCNC(=O)COCCOCCNC(=O)COCCOCCNC(=O)CC[C@H](NC(=O)CC[C@H](NC(=O)CCCCCCCCCCCCCCCCC(=O)O)C(=O)O)C(=O)O. The summed E-state index contributed by atoms with van der Waals surface area (Å²) in [5, 5.41) is 43.2. The molecule has 0 aliphatic heterocycles. The van der Waals surface area contributed by atoms with E-state index in [0.717, 1.165) is 57.8 Å². The van der Waals surface area contributed by atoms with Gasteiger partial charge in [-0.15, -0.1) is 0 Å². The molecule has 0 saturated heterocycles. The molecule has 0 rings (SSSR count). The Morgan fingerprint density at radius 2 is 0.602 bits per heavy atom. The summed E-state index contributed by atoms with van der Waals surface area (Å²) in [6.07, 6.45) is 13.8. The van der Waals surface area contributed by atoms with Crippen LogP contribution in [0.2, 0.25) is 0 Å². The van der Waals surface area contributed by atoms with Crippen LogP contribution in [-0.2, 0) is 85.8 Å². The maximum Gasteiger partial charge on any atom is 0.326 e. The van der Waals surface area contributed by atoms with Gasteiger partial charge in [0.2, 0.25) is 35.4 Å². The second-order valence-electron chi connectivity index (χ2n) is 20.6. The highest BCUT2D eigenvalue weighted by molar-refractivity contribution is 5.87. The Hall–Kier alpha value is -5.42. The maximum atomic E-state index is 12.6. The molecule has 0 aromatic carbocycles. The van der Waals surface area contributed by atoms with Crippen molar-refractivity contribution in [2.24, 2.45) is 5.41 Å². The zero-order chi connectivity index (χ0) is 61.6. The molecule has 83 heavy (non-hydrogen) atoms. The summed E-state index contributed by atoms with van der Waals surface area (Å²) in [4.78, 5) is 119. The Kier molecular flexibility index (Phi) is 49.8. The van der Waals surface area contributed by atoms with E-state index in [9.17, 15) is 58.2 Å². The average Bonchev–Trinajstić information content (AvgIpc) is 3.43. The first-order valence-electron chi connectivity index (χ1n) is 29.3. The number of carboxylic acid groups (broad SMARTS) is 3. The molecule has 480 valence electrons. The molecular formula is C56H100N6O21. The van der Waals surface area contributed by atoms with E-state index in [0.29, 0.717) is 26.2 Å². The van der Waals surface area contributed by atoms with Crippen LogP contribution in [0.3, 0.4) is 0 Å². The fraction of sp³-hybridized carbons (Fsp3) is 0.821. The standard InChI is InChI=1S/C56H100N6O21/c1-56(2,3)46(63)40-80-36-32-77-29-25-58-50(67)42-82-38-34-79-31-27-60-52(69)43-83-39-35-78-30-26-59-51(68)41-81-37-33-76-28-24-57-47(64)22-20-44(54(72)73)62-49(66)23-21-45(55(74)75)61-48(65)18-16-14-12-10-8-6-4-5-7-9-11-13-15-17-19-53(70)71/h44-45H,4-43H2,1-3H3,(H,57,64)(H,58,67)(H,59,68)(H,60,69)(H,61,65)(H,62,66)(H,70,71)(H,72,73)(H,74,75)/t44-,45-/m0/s1. The minimum Gasteiger partial charge on any atom is -0.481 e. The second-order valence-corrected chi connectivity index (χ2v) is 20.6. The number of Topliss-reactive ketones (excluding diaryl/α,β-unsaturated/α-hetero) is 1. The van der Waals surface area contributed by atoms with Crippen molar-refractivity contribution in [2.75, 3.05) is 132 Å². The van der Waals surface area contributed by atoms with E-state index in [2.05, 4.69) is 31.9 Å². The Morgan fingerprint density at radius 1 is 0.325 bits per heavy atom. The van der Waals surface area contributed by atoms with Crippen LogP contribution in [0.5, 0.6) is 0 Å². The first kappa shape index (κ1) is 77.6. The Labute approximate surface area is 489 Å². The summed E-state index contributed by atoms with van der Waals surface area (Å²) in [5.74, 6) is -6.08. The minimum atomic E-state index is -1.40. The van der Waals surface area contributed by atoms with Gasteiger partial charge in [-0.2, -0.15) is 0 Å². The lowest BCUT2D eigenvalue weighted by atomic mass is 9.91. The predicted octanol–water partition coefficient (Wildman–Crippen LogP) is 2.22. The molecule has 9 N–H and O–H groups in total. The number of nitrogens with one attached hydrogen (secondary N) is 6. The molecule has 27 nitrogen and oxygen atoms in total. The maximum absolute atomic E-state index is 12.6. The number of amides is 6. The number of carbonyl (C=O) groups is 10. The van der Waals surface area contributed by atoms with Gasteiger partial charge in [-0.1, -0.05) is 97.8 Å². The third kappa shape index (κ3) is 53.1. The lowest BCUT2D eigenvalue weighted by Gasteiger charge is -2.17. The number of hydrogen-bond donors (Lipinski definition) is 9. The molecule has 0 bridgehead atoms. The van der Waals surface area contributed by atoms with Crippen LogP contribution in [-0.4, -0.2) is 218 Å². The Balaban J connectivity index is 3.80. The highest BCUT2D eigenvalue weighted by atomic mass is 16.5. The Bertz CT molecular complexity index is 1800. The number of rotatable bonds is 59. The number of carbonyl (C=O) groups excluding carboxylic acids is 7. The van der Waals surface area contributed by atoms with E-state index in [-0.39, 0.29) is 174 Å². The Morgan fingerprint density at radius 3 is 0.928 bits per heavy atom. The molecule has 0 saturated carbocycles. The van der Waals surface area contributed by atoms with E-state index in [1.807, 2.05) is 20.8 Å². The number of unbranched alkanes of at least 4 members (excludes halogenated alkanes) is 13. The van der Waals surface area contributed by atoms with Gasteiger partial charge in [-0.05, 0) is 25.7 Å². The van der Waals surface area contributed by atoms with E-state index < -0.39 is 53.1 Å². The number of ether oxygens (including phenoxy) is 8. The zero-order valence-electron chi connectivity index (χ0n) is 49.6. The van der Waals surface area contributed by atoms with E-state index >= 15 is 0 Å². The number of ketones is 1. The second kappa shape index (κ2) is 53.3. The summed E-state index contributed by atoms with van der Waals surface area (Å²) in [7, 11) is 0. The highest BCUT2D eigenvalue weighted by Gasteiger charge is 2.25. The molecular weight excluding hydrogens is 1090 g/mol. The van der Waals surface area contributed by atoms with Gasteiger partial charge in [0.1, 0.15) is 38.5 Å². The van der Waals surface area contributed by atoms with Crippen molar-refractivity contribution < 1.29 is 101 Å². The van der Waals surface area contributed by atoms with Crippen molar-refractivity contribution in [3.8, 4) is 0 Å². The van der Waals surface area contributed by atoms with Crippen molar-refractivity contribution in [1.29, 1.82) is 0 Å². The first-order valence-corrected chi connectivity index (χ1v) is 29.3. The van der Waals surface area contributed by atoms with Crippen molar-refractivity contribution in [3.05, 3.63) is 0 Å². The van der Waals surface area contributed by atoms with Crippen LogP contribution in [0.1, 0.15) is 149 Å². The minimum absolute atomic E-state index is 0.0128. The van der Waals surface area contributed by atoms with Gasteiger partial charge in [-0.25, -0.2) is 9.59 Å². The van der Waals surface area contributed by atoms with E-state index in [4.69, 9.17) is 43.0 Å². The molecule has 27 heteroatoms. The summed E-state index contributed by atoms with van der Waals surface area (Å²) in [5.41, 5.74) is -0.447. The molecule has 2 atom stereocenters. The molecule has 0 aromatic heterocycles. The van der Waals surface area contributed by atoms with Gasteiger partial charge in [0.25, 0.3) is 0 Å². The summed E-state index contributed by atoms with van der Waals surface area (Å²) in [6, 6.07) is -2.73. The number of aliphatic carboxylic acids is 3. The smallest absolute Gasteiger partial charge is 0.326 e. The summed E-state index contributed by atoms with van der Waals surface area (Å²) in [6.45, 7) is 8.29. The van der Waals surface area contributed by atoms with Crippen LogP contribution < -0.4 is 31.9 Å². The van der Waals surface area contributed by atoms with Crippen LogP contribution >= 0.6 is 0 Å². The van der Waals surface area contributed by atoms with Crippen LogP contribution in [0, 0.1) is 5.41 Å². The molecule has 0 radical (unpaired) electrons. The van der Waals surface area contributed by atoms with Crippen molar-refractivity contribution in [2.45, 2.75) is 161 Å². The van der Waals surface area contributed by atoms with Gasteiger partial charge in [0.05, 0.1) is 79.3 Å². The lowest BCUT2D eigenvalue weighted by molar-refractivity contribution is -0.143. The van der Waals surface area contributed by atoms with Crippen LogP contribution in [0.4, 0.5) is 0 Å². The van der Waals surface area contributed by atoms with E-state index in [1.54, 1.807) is 0 Å². The third-order valence-corrected chi connectivity index (χ3v) is 12.2. The molecule has 0 heterocycles. The molecule has 0 aromatic rings. The number of hydrogen-bond acceptors (Lipinski definition) is 18. The summed E-state index contributed by atoms with van der Waals surface area (Å²) >= 11 is 0.